The molecule has 0 aromatic heterocycles. The number of amides is 1. The average molecular weight is 392 g/mol. The number of benzene rings is 2. The van der Waals surface area contributed by atoms with E-state index in [1.165, 1.54) is 38.4 Å². The van der Waals surface area contributed by atoms with Crippen LogP contribution in [0.4, 0.5) is 0 Å². The van der Waals surface area contributed by atoms with Crippen LogP contribution < -0.4 is 14.8 Å². The Kier molecular flexibility index (Phi) is 6.81. The molecule has 2 aromatic rings. The van der Waals surface area contributed by atoms with E-state index in [1.54, 1.807) is 20.3 Å². The summed E-state index contributed by atoms with van der Waals surface area (Å²) in [5.41, 5.74) is 1.35. The highest BCUT2D eigenvalue weighted by molar-refractivity contribution is 7.89. The van der Waals surface area contributed by atoms with E-state index in [9.17, 15) is 13.2 Å². The summed E-state index contributed by atoms with van der Waals surface area (Å²) < 4.78 is 35.7. The molecule has 0 spiro atoms. The SMILES string of the molecule is COc1ccc(CCNC(=O)c2ccc(S(=O)(=O)N(C)C)cc2)c(OC)c1. The average Bonchev–Trinajstić information content (AvgIpc) is 2.67. The maximum Gasteiger partial charge on any atom is 0.251 e. The third-order valence-corrected chi connectivity index (χ3v) is 5.90. The first kappa shape index (κ1) is 20.7. The summed E-state index contributed by atoms with van der Waals surface area (Å²) in [5.74, 6) is 1.13. The van der Waals surface area contributed by atoms with Crippen LogP contribution >= 0.6 is 0 Å². The lowest BCUT2D eigenvalue weighted by molar-refractivity contribution is 0.0954. The van der Waals surface area contributed by atoms with E-state index >= 15 is 0 Å². The van der Waals surface area contributed by atoms with E-state index in [2.05, 4.69) is 5.32 Å². The van der Waals surface area contributed by atoms with Gasteiger partial charge in [0.05, 0.1) is 19.1 Å². The molecular formula is C19H24N2O5S. The maximum absolute atomic E-state index is 12.3. The fourth-order valence-corrected chi connectivity index (χ4v) is 3.36. The predicted molar refractivity (Wildman–Crippen MR) is 103 cm³/mol. The highest BCUT2D eigenvalue weighted by Gasteiger charge is 2.17. The summed E-state index contributed by atoms with van der Waals surface area (Å²) in [6, 6.07) is 11.4. The molecule has 7 nitrogen and oxygen atoms in total. The number of ether oxygens (including phenoxy) is 2. The quantitative estimate of drug-likeness (QED) is 0.742. The summed E-state index contributed by atoms with van der Waals surface area (Å²) in [4.78, 5) is 12.4. The second-order valence-corrected chi connectivity index (χ2v) is 8.15. The zero-order chi connectivity index (χ0) is 20.0. The molecule has 0 aliphatic rings. The second-order valence-electron chi connectivity index (χ2n) is 6.00. The Morgan fingerprint density at radius 3 is 2.26 bits per heavy atom. The Hall–Kier alpha value is -2.58. The number of carbonyl (C=O) groups is 1. The van der Waals surface area contributed by atoms with Gasteiger partial charge in [0.1, 0.15) is 11.5 Å². The van der Waals surface area contributed by atoms with Gasteiger partial charge >= 0.3 is 0 Å². The molecule has 8 heteroatoms. The molecule has 2 aromatic carbocycles. The Labute approximate surface area is 160 Å². The van der Waals surface area contributed by atoms with Crippen molar-refractivity contribution in [3.63, 3.8) is 0 Å². The van der Waals surface area contributed by atoms with E-state index < -0.39 is 10.0 Å². The number of hydrogen-bond donors (Lipinski definition) is 1. The number of nitrogens with zero attached hydrogens (tertiary/aromatic N) is 1. The summed E-state index contributed by atoms with van der Waals surface area (Å²) in [5, 5.41) is 2.82. The molecule has 0 fully saturated rings. The summed E-state index contributed by atoms with van der Waals surface area (Å²) in [6.45, 7) is 0.416. The van der Waals surface area contributed by atoms with Crippen LogP contribution in [0, 0.1) is 0 Å². The van der Waals surface area contributed by atoms with Crippen LogP contribution in [0.5, 0.6) is 11.5 Å². The van der Waals surface area contributed by atoms with Gasteiger partial charge in [0.2, 0.25) is 10.0 Å². The van der Waals surface area contributed by atoms with E-state index in [4.69, 9.17) is 9.47 Å². The van der Waals surface area contributed by atoms with E-state index in [0.717, 1.165) is 9.87 Å². The number of nitrogens with one attached hydrogen (secondary N) is 1. The van der Waals surface area contributed by atoms with E-state index in [-0.39, 0.29) is 10.8 Å². The van der Waals surface area contributed by atoms with Gasteiger partial charge in [0, 0.05) is 32.3 Å². The molecule has 0 atom stereocenters. The molecule has 27 heavy (non-hydrogen) atoms. The van der Waals surface area contributed by atoms with Gasteiger partial charge in [-0.05, 0) is 42.3 Å². The lowest BCUT2D eigenvalue weighted by atomic mass is 10.1. The van der Waals surface area contributed by atoms with E-state index in [1.807, 2.05) is 12.1 Å². The fourth-order valence-electron chi connectivity index (χ4n) is 2.46. The highest BCUT2D eigenvalue weighted by atomic mass is 32.2. The standard InChI is InChI=1S/C19H24N2O5S/c1-21(2)27(23,24)17-9-6-15(7-10-17)19(22)20-12-11-14-5-8-16(25-3)13-18(14)26-4/h5-10,13H,11-12H2,1-4H3,(H,20,22). The van der Waals surface area contributed by atoms with Crippen molar-refractivity contribution in [1.82, 2.24) is 9.62 Å². The van der Waals surface area contributed by atoms with Crippen molar-refractivity contribution in [2.24, 2.45) is 0 Å². The van der Waals surface area contributed by atoms with Gasteiger partial charge in [-0.15, -0.1) is 0 Å². The number of hydrogen-bond acceptors (Lipinski definition) is 5. The number of rotatable bonds is 8. The normalized spacial score (nSPS) is 11.3. The summed E-state index contributed by atoms with van der Waals surface area (Å²) in [7, 11) is 2.59. The predicted octanol–water partition coefficient (Wildman–Crippen LogP) is 1.93. The van der Waals surface area contributed by atoms with Crippen molar-refractivity contribution < 1.29 is 22.7 Å². The van der Waals surface area contributed by atoms with E-state index in [0.29, 0.717) is 30.0 Å². The van der Waals surface area contributed by atoms with Crippen LogP contribution in [-0.4, -0.2) is 53.5 Å². The lowest BCUT2D eigenvalue weighted by Crippen LogP contribution is -2.26. The molecule has 0 unspecified atom stereocenters. The number of methoxy groups -OCH3 is 2. The van der Waals surface area contributed by atoms with Crippen LogP contribution in [0.2, 0.25) is 0 Å². The van der Waals surface area contributed by atoms with Crippen molar-refractivity contribution in [3.8, 4) is 11.5 Å². The summed E-state index contributed by atoms with van der Waals surface area (Å²) in [6.07, 6.45) is 0.589. The molecule has 0 aliphatic carbocycles. The molecule has 0 saturated carbocycles. The third-order valence-electron chi connectivity index (χ3n) is 4.07. The first-order valence-corrected chi connectivity index (χ1v) is 9.75. The molecule has 0 heterocycles. The molecular weight excluding hydrogens is 368 g/mol. The first-order chi connectivity index (χ1) is 12.8. The molecule has 0 radical (unpaired) electrons. The van der Waals surface area contributed by atoms with Gasteiger partial charge < -0.3 is 14.8 Å². The second kappa shape index (κ2) is 8.88. The van der Waals surface area contributed by atoms with Gasteiger partial charge in [0.15, 0.2) is 0 Å². The van der Waals surface area contributed by atoms with Gasteiger partial charge in [-0.2, -0.15) is 0 Å². The topological polar surface area (TPSA) is 84.9 Å². The van der Waals surface area contributed by atoms with Crippen LogP contribution in [0.1, 0.15) is 15.9 Å². The minimum atomic E-state index is -3.51. The van der Waals surface area contributed by atoms with Gasteiger partial charge in [-0.3, -0.25) is 4.79 Å². The highest BCUT2D eigenvalue weighted by Crippen LogP contribution is 2.24. The minimum Gasteiger partial charge on any atom is -0.497 e. The van der Waals surface area contributed by atoms with Gasteiger partial charge in [-0.25, -0.2) is 12.7 Å². The molecule has 0 bridgehead atoms. The maximum atomic E-state index is 12.3. The van der Waals surface area contributed by atoms with Crippen LogP contribution in [0.3, 0.4) is 0 Å². The fraction of sp³-hybridized carbons (Fsp3) is 0.316. The van der Waals surface area contributed by atoms with Crippen molar-refractivity contribution in [1.29, 1.82) is 0 Å². The summed E-state index contributed by atoms with van der Waals surface area (Å²) >= 11 is 0. The first-order valence-electron chi connectivity index (χ1n) is 8.31. The van der Waals surface area contributed by atoms with Gasteiger partial charge in [0.25, 0.3) is 5.91 Å². The molecule has 146 valence electrons. The Morgan fingerprint density at radius 2 is 1.70 bits per heavy atom. The molecule has 2 rings (SSSR count). The molecule has 0 saturated heterocycles. The number of sulfonamides is 1. The Bertz CT molecular complexity index is 893. The van der Waals surface area contributed by atoms with Crippen molar-refractivity contribution in [2.45, 2.75) is 11.3 Å². The third kappa shape index (κ3) is 4.99. The largest absolute Gasteiger partial charge is 0.497 e. The lowest BCUT2D eigenvalue weighted by Gasteiger charge is -2.12. The smallest absolute Gasteiger partial charge is 0.251 e. The van der Waals surface area contributed by atoms with Crippen molar-refractivity contribution >= 4 is 15.9 Å². The Morgan fingerprint density at radius 1 is 1.04 bits per heavy atom. The van der Waals surface area contributed by atoms with Crippen molar-refractivity contribution in [2.75, 3.05) is 34.9 Å². The molecule has 0 aliphatic heterocycles. The number of carbonyl (C=O) groups excluding carboxylic acids is 1. The Balaban J connectivity index is 1.98. The van der Waals surface area contributed by atoms with Crippen LogP contribution in [0.15, 0.2) is 47.4 Å². The zero-order valence-electron chi connectivity index (χ0n) is 15.9. The minimum absolute atomic E-state index is 0.145. The van der Waals surface area contributed by atoms with Crippen LogP contribution in [-0.2, 0) is 16.4 Å². The van der Waals surface area contributed by atoms with Crippen molar-refractivity contribution in [3.05, 3.63) is 53.6 Å². The zero-order valence-corrected chi connectivity index (χ0v) is 16.7. The van der Waals surface area contributed by atoms with Gasteiger partial charge in [-0.1, -0.05) is 6.07 Å². The molecule has 1 amide bonds. The van der Waals surface area contributed by atoms with Crippen LogP contribution in [0.25, 0.3) is 0 Å². The monoisotopic (exact) mass is 392 g/mol. The molecule has 1 N–H and O–H groups in total.